The normalized spacial score (nSPS) is 38.7. The van der Waals surface area contributed by atoms with Crippen LogP contribution in [0.2, 0.25) is 0 Å². The summed E-state index contributed by atoms with van der Waals surface area (Å²) < 4.78 is 52.7. The van der Waals surface area contributed by atoms with Crippen LogP contribution in [0.15, 0.2) is 0 Å². The van der Waals surface area contributed by atoms with Gasteiger partial charge in [-0.2, -0.15) is 0 Å². The average Bonchev–Trinajstić information content (AvgIpc) is 3.10. The van der Waals surface area contributed by atoms with Crippen LogP contribution in [-0.2, 0) is 52.2 Å². The molecule has 2 amide bonds. The maximum atomic E-state index is 12.5. The second kappa shape index (κ2) is 21.9. The number of aliphatic hydroxyl groups excluding tert-OH is 6. The third-order valence-corrected chi connectivity index (χ3v) is 8.88. The van der Waals surface area contributed by atoms with Crippen LogP contribution in [0.4, 0.5) is 0 Å². The van der Waals surface area contributed by atoms with Crippen molar-refractivity contribution < 1.29 is 82.9 Å². The first-order valence-electron chi connectivity index (χ1n) is 17.1. The lowest BCUT2D eigenvalue weighted by Crippen LogP contribution is -2.70. The van der Waals surface area contributed by atoms with E-state index in [1.807, 2.05) is 0 Å². The summed E-state index contributed by atoms with van der Waals surface area (Å²) in [6.07, 6.45) is -13.7. The third-order valence-electron chi connectivity index (χ3n) is 8.88. The Hall–Kier alpha value is -1.70. The van der Waals surface area contributed by atoms with Gasteiger partial charge in [-0.05, 0) is 0 Å². The SMILES string of the molecule is CCC(=O)NC1[C@H](OC)OC(COCCO)[C@H](O[C@@H]2OC(COCCO)[C@H](O[C@@H]3OC(COCCO)[C@H](C)[C@@H](O)C3N)[C@@H](O)C2NC(C)=O)[C@H]1O. The van der Waals surface area contributed by atoms with E-state index >= 15 is 0 Å². The summed E-state index contributed by atoms with van der Waals surface area (Å²) in [5.74, 6) is -1.48. The predicted octanol–water partition coefficient (Wildman–Crippen LogP) is -4.95. The summed E-state index contributed by atoms with van der Waals surface area (Å²) in [7, 11) is 1.33. The minimum absolute atomic E-state index is 0.00115. The van der Waals surface area contributed by atoms with Gasteiger partial charge in [-0.3, -0.25) is 9.59 Å². The fraction of sp³-hybridized carbons (Fsp3) is 0.935. The lowest BCUT2D eigenvalue weighted by molar-refractivity contribution is -0.351. The minimum Gasteiger partial charge on any atom is -0.394 e. The highest BCUT2D eigenvalue weighted by Crippen LogP contribution is 2.34. The molecule has 0 aliphatic carbocycles. The maximum absolute atomic E-state index is 12.5. The van der Waals surface area contributed by atoms with E-state index in [1.54, 1.807) is 13.8 Å². The first kappa shape index (κ1) is 43.7. The lowest BCUT2D eigenvalue weighted by Gasteiger charge is -2.50. The molecule has 0 aromatic heterocycles. The van der Waals surface area contributed by atoms with Crippen molar-refractivity contribution in [2.24, 2.45) is 11.7 Å². The van der Waals surface area contributed by atoms with Crippen LogP contribution in [0, 0.1) is 5.92 Å². The Balaban J connectivity index is 1.94. The van der Waals surface area contributed by atoms with E-state index in [2.05, 4.69) is 10.6 Å². The van der Waals surface area contributed by atoms with Gasteiger partial charge >= 0.3 is 0 Å². The standard InChI is InChI=1S/C31H57N3O17/c1-5-20(39)34-22-25(41)28(18(13-45-10-7-36)48-30(22)43-4)51-31-23(33-16(3)38)26(42)27(19(49-31)14-46-11-8-37)50-29-21(32)24(40)15(2)17(47-29)12-44-9-6-35/h15,17-19,21-31,35-37,40-42H,5-14,32H2,1-4H3,(H,33,38)(H,34,39)/t15-,17?,18?,19?,21?,22?,23?,24+,25-,26-,27-,28-,29-,30+,31-/m0/s1. The quantitative estimate of drug-likeness (QED) is 0.0528. The molecule has 0 radical (unpaired) electrons. The van der Waals surface area contributed by atoms with Crippen molar-refractivity contribution >= 4 is 11.8 Å². The number of hydrogen-bond acceptors (Lipinski definition) is 18. The van der Waals surface area contributed by atoms with E-state index < -0.39 is 104 Å². The maximum Gasteiger partial charge on any atom is 0.220 e. The molecule has 298 valence electrons. The summed E-state index contributed by atoms with van der Waals surface area (Å²) in [6.45, 7) is 3.06. The molecule has 3 saturated heterocycles. The Labute approximate surface area is 296 Å². The Morgan fingerprint density at radius 3 is 1.63 bits per heavy atom. The molecule has 0 bridgehead atoms. The second-order valence-electron chi connectivity index (χ2n) is 12.5. The number of nitrogens with two attached hydrogens (primary N) is 1. The number of carbonyl (C=O) groups is 2. The van der Waals surface area contributed by atoms with Crippen molar-refractivity contribution in [3.63, 3.8) is 0 Å². The molecule has 0 spiro atoms. The molecule has 10 N–H and O–H groups in total. The van der Waals surface area contributed by atoms with Gasteiger partial charge in [-0.1, -0.05) is 13.8 Å². The first-order chi connectivity index (χ1) is 24.4. The average molecular weight is 744 g/mol. The second-order valence-corrected chi connectivity index (χ2v) is 12.5. The third kappa shape index (κ3) is 11.9. The van der Waals surface area contributed by atoms with Gasteiger partial charge in [-0.25, -0.2) is 0 Å². The molecule has 3 heterocycles. The highest BCUT2D eigenvalue weighted by atomic mass is 16.7. The van der Waals surface area contributed by atoms with Crippen molar-refractivity contribution in [1.29, 1.82) is 0 Å². The summed E-state index contributed by atoms with van der Waals surface area (Å²) >= 11 is 0. The monoisotopic (exact) mass is 743 g/mol. The van der Waals surface area contributed by atoms with E-state index in [9.17, 15) is 35.1 Å². The van der Waals surface area contributed by atoms with Crippen molar-refractivity contribution in [2.75, 3.05) is 66.6 Å². The molecule has 3 rings (SSSR count). The summed E-state index contributed by atoms with van der Waals surface area (Å²) in [5, 5.41) is 67.3. The van der Waals surface area contributed by atoms with E-state index in [4.69, 9.17) is 53.5 Å². The van der Waals surface area contributed by atoms with Gasteiger partial charge in [0, 0.05) is 26.4 Å². The highest BCUT2D eigenvalue weighted by Gasteiger charge is 2.54. The molecule has 3 aliphatic heterocycles. The van der Waals surface area contributed by atoms with Gasteiger partial charge in [0.2, 0.25) is 11.8 Å². The summed E-state index contributed by atoms with van der Waals surface area (Å²) in [4.78, 5) is 24.8. The number of amides is 2. The van der Waals surface area contributed by atoms with Crippen LogP contribution in [0.3, 0.4) is 0 Å². The van der Waals surface area contributed by atoms with E-state index in [0.717, 1.165) is 0 Å². The van der Waals surface area contributed by atoms with Gasteiger partial charge in [0.1, 0.15) is 48.7 Å². The van der Waals surface area contributed by atoms with Crippen LogP contribution in [0.25, 0.3) is 0 Å². The first-order valence-corrected chi connectivity index (χ1v) is 17.1. The van der Waals surface area contributed by atoms with Gasteiger partial charge in [0.25, 0.3) is 0 Å². The highest BCUT2D eigenvalue weighted by molar-refractivity contribution is 5.76. The molecule has 0 aromatic rings. The van der Waals surface area contributed by atoms with Gasteiger partial charge in [0.05, 0.1) is 77.7 Å². The molecule has 6 unspecified atom stereocenters. The number of methoxy groups -OCH3 is 1. The van der Waals surface area contributed by atoms with Crippen molar-refractivity contribution in [3.05, 3.63) is 0 Å². The molecular weight excluding hydrogens is 686 g/mol. The van der Waals surface area contributed by atoms with E-state index in [0.29, 0.717) is 0 Å². The Kier molecular flexibility index (Phi) is 18.7. The van der Waals surface area contributed by atoms with Crippen molar-refractivity contribution in [1.82, 2.24) is 10.6 Å². The lowest BCUT2D eigenvalue weighted by atomic mass is 9.89. The van der Waals surface area contributed by atoms with Crippen LogP contribution in [0.5, 0.6) is 0 Å². The number of nitrogens with one attached hydrogen (secondary N) is 2. The zero-order valence-corrected chi connectivity index (χ0v) is 29.5. The number of aliphatic hydroxyl groups is 6. The van der Waals surface area contributed by atoms with Gasteiger partial charge in [0.15, 0.2) is 18.9 Å². The number of carbonyl (C=O) groups excluding carboxylic acids is 2. The Morgan fingerprint density at radius 2 is 1.16 bits per heavy atom. The molecular formula is C31H57N3O17. The largest absolute Gasteiger partial charge is 0.394 e. The van der Waals surface area contributed by atoms with Crippen LogP contribution >= 0.6 is 0 Å². The molecule has 15 atom stereocenters. The Morgan fingerprint density at radius 1 is 0.706 bits per heavy atom. The summed E-state index contributed by atoms with van der Waals surface area (Å²) in [5.41, 5.74) is 6.32. The Bertz CT molecular complexity index is 1030. The number of rotatable bonds is 20. The molecule has 51 heavy (non-hydrogen) atoms. The molecule has 0 saturated carbocycles. The van der Waals surface area contributed by atoms with Gasteiger partial charge in [-0.15, -0.1) is 0 Å². The zero-order chi connectivity index (χ0) is 37.7. The molecule has 20 heteroatoms. The number of hydrogen-bond donors (Lipinski definition) is 9. The van der Waals surface area contributed by atoms with Crippen LogP contribution < -0.4 is 16.4 Å². The van der Waals surface area contributed by atoms with Crippen molar-refractivity contribution in [2.45, 2.75) is 113 Å². The molecule has 0 aromatic carbocycles. The smallest absolute Gasteiger partial charge is 0.220 e. The number of ether oxygens (including phenoxy) is 9. The predicted molar refractivity (Wildman–Crippen MR) is 171 cm³/mol. The fourth-order valence-corrected chi connectivity index (χ4v) is 6.13. The van der Waals surface area contributed by atoms with Crippen LogP contribution in [0.1, 0.15) is 27.2 Å². The van der Waals surface area contributed by atoms with Crippen LogP contribution in [-0.4, -0.2) is 195 Å². The molecule has 3 aliphatic rings. The minimum atomic E-state index is -1.61. The topological polar surface area (TPSA) is 289 Å². The summed E-state index contributed by atoms with van der Waals surface area (Å²) in [6, 6.07) is -3.57. The fourth-order valence-electron chi connectivity index (χ4n) is 6.13. The van der Waals surface area contributed by atoms with E-state index in [1.165, 1.54) is 14.0 Å². The zero-order valence-electron chi connectivity index (χ0n) is 29.5. The van der Waals surface area contributed by atoms with Gasteiger partial charge < -0.3 is 89.6 Å². The molecule has 20 nitrogen and oxygen atoms in total. The molecule has 3 fully saturated rings. The van der Waals surface area contributed by atoms with E-state index in [-0.39, 0.29) is 65.9 Å². The van der Waals surface area contributed by atoms with Crippen molar-refractivity contribution in [3.8, 4) is 0 Å².